The number of hydrogen-bond donors (Lipinski definition) is 2. The number of phenolic OH excluding ortho intramolecular Hbond substituents is 1. The summed E-state index contributed by atoms with van der Waals surface area (Å²) in [6.07, 6.45) is 4.89. The fourth-order valence-electron chi connectivity index (χ4n) is 2.56. The molecule has 1 amide bonds. The summed E-state index contributed by atoms with van der Waals surface area (Å²) in [6.45, 7) is 2.05. The molecule has 1 aliphatic rings. The fourth-order valence-corrected chi connectivity index (χ4v) is 2.91. The molecule has 0 aliphatic heterocycles. The van der Waals surface area contributed by atoms with E-state index in [0.717, 1.165) is 4.47 Å². The van der Waals surface area contributed by atoms with Gasteiger partial charge in [-0.15, -0.1) is 0 Å². The second kappa shape index (κ2) is 5.74. The lowest BCUT2D eigenvalue weighted by atomic mass is 9.99. The van der Waals surface area contributed by atoms with Gasteiger partial charge in [0.15, 0.2) is 0 Å². The Hall–Kier alpha value is -1.03. The maximum Gasteiger partial charge on any atom is 0.255 e. The van der Waals surface area contributed by atoms with E-state index in [2.05, 4.69) is 21.2 Å². The predicted molar refractivity (Wildman–Crippen MR) is 74.7 cm³/mol. The largest absolute Gasteiger partial charge is 0.507 e. The van der Waals surface area contributed by atoms with Crippen molar-refractivity contribution in [2.45, 2.75) is 38.6 Å². The average Bonchev–Trinajstić information content (AvgIpc) is 2.81. The molecule has 1 aromatic rings. The van der Waals surface area contributed by atoms with Gasteiger partial charge in [-0.2, -0.15) is 0 Å². The number of phenols is 1. The third-order valence-corrected chi connectivity index (χ3v) is 4.16. The van der Waals surface area contributed by atoms with Crippen LogP contribution in [0.3, 0.4) is 0 Å². The lowest BCUT2D eigenvalue weighted by Crippen LogP contribution is -2.37. The van der Waals surface area contributed by atoms with Crippen LogP contribution >= 0.6 is 15.9 Å². The molecule has 1 aromatic carbocycles. The van der Waals surface area contributed by atoms with Crippen LogP contribution < -0.4 is 5.32 Å². The molecule has 0 heterocycles. The minimum Gasteiger partial charge on any atom is -0.507 e. The molecule has 0 spiro atoms. The van der Waals surface area contributed by atoms with Crippen LogP contribution in [-0.2, 0) is 0 Å². The van der Waals surface area contributed by atoms with Crippen molar-refractivity contribution in [2.75, 3.05) is 0 Å². The quantitative estimate of drug-likeness (QED) is 0.898. The zero-order valence-corrected chi connectivity index (χ0v) is 12.0. The molecule has 4 heteroatoms. The van der Waals surface area contributed by atoms with E-state index in [9.17, 15) is 9.90 Å². The van der Waals surface area contributed by atoms with Gasteiger partial charge in [0.1, 0.15) is 5.75 Å². The number of amides is 1. The van der Waals surface area contributed by atoms with Crippen LogP contribution in [-0.4, -0.2) is 17.1 Å². The van der Waals surface area contributed by atoms with E-state index in [0.29, 0.717) is 11.5 Å². The molecule has 1 aliphatic carbocycles. The highest BCUT2D eigenvalue weighted by molar-refractivity contribution is 9.10. The Labute approximate surface area is 116 Å². The molecule has 0 bridgehead atoms. The van der Waals surface area contributed by atoms with Crippen LogP contribution in [0.1, 0.15) is 43.0 Å². The molecule has 1 atom stereocenters. The fraction of sp³-hybridized carbons (Fsp3) is 0.500. The van der Waals surface area contributed by atoms with Gasteiger partial charge < -0.3 is 10.4 Å². The number of halogens is 1. The van der Waals surface area contributed by atoms with Crippen LogP contribution in [0.5, 0.6) is 5.75 Å². The monoisotopic (exact) mass is 311 g/mol. The van der Waals surface area contributed by atoms with E-state index < -0.39 is 0 Å². The SMILES string of the molecule is CC(NC(=O)c1ccc(Br)cc1O)C1CCCC1. The molecule has 2 rings (SSSR count). The molecule has 1 unspecified atom stereocenters. The first-order valence-corrected chi connectivity index (χ1v) is 7.16. The summed E-state index contributed by atoms with van der Waals surface area (Å²) in [5.74, 6) is 0.395. The first-order valence-electron chi connectivity index (χ1n) is 6.37. The van der Waals surface area contributed by atoms with E-state index in [1.54, 1.807) is 12.1 Å². The van der Waals surface area contributed by atoms with Gasteiger partial charge in [-0.25, -0.2) is 0 Å². The van der Waals surface area contributed by atoms with Gasteiger partial charge in [-0.3, -0.25) is 4.79 Å². The van der Waals surface area contributed by atoms with Gasteiger partial charge in [-0.1, -0.05) is 28.8 Å². The molecule has 98 valence electrons. The van der Waals surface area contributed by atoms with Crippen LogP contribution in [0.2, 0.25) is 0 Å². The molecule has 18 heavy (non-hydrogen) atoms. The van der Waals surface area contributed by atoms with Gasteiger partial charge >= 0.3 is 0 Å². The second-order valence-electron chi connectivity index (χ2n) is 4.97. The third-order valence-electron chi connectivity index (χ3n) is 3.67. The molecular weight excluding hydrogens is 294 g/mol. The summed E-state index contributed by atoms with van der Waals surface area (Å²) in [6, 6.07) is 5.10. The Balaban J connectivity index is 2.02. The first-order chi connectivity index (χ1) is 8.58. The number of carbonyl (C=O) groups excluding carboxylic acids is 1. The van der Waals surface area contributed by atoms with Crippen molar-refractivity contribution in [3.63, 3.8) is 0 Å². The third kappa shape index (κ3) is 3.05. The molecular formula is C14H18BrNO2. The smallest absolute Gasteiger partial charge is 0.255 e. The van der Waals surface area contributed by atoms with E-state index in [-0.39, 0.29) is 17.7 Å². The summed E-state index contributed by atoms with van der Waals surface area (Å²) >= 11 is 3.26. The highest BCUT2D eigenvalue weighted by Crippen LogP contribution is 2.28. The van der Waals surface area contributed by atoms with Gasteiger partial charge in [0.25, 0.3) is 5.91 Å². The van der Waals surface area contributed by atoms with Gasteiger partial charge in [0.05, 0.1) is 5.56 Å². The van der Waals surface area contributed by atoms with Crippen molar-refractivity contribution in [3.05, 3.63) is 28.2 Å². The van der Waals surface area contributed by atoms with Crippen molar-refractivity contribution in [1.29, 1.82) is 0 Å². The van der Waals surface area contributed by atoms with Gasteiger partial charge in [0.2, 0.25) is 0 Å². The van der Waals surface area contributed by atoms with E-state index in [4.69, 9.17) is 0 Å². The standard InChI is InChI=1S/C14H18BrNO2/c1-9(10-4-2-3-5-10)16-14(18)12-7-6-11(15)8-13(12)17/h6-10,17H,2-5H2,1H3,(H,16,18). The summed E-state index contributed by atoms with van der Waals surface area (Å²) in [5.41, 5.74) is 0.336. The first kappa shape index (κ1) is 13.4. The topological polar surface area (TPSA) is 49.3 Å². The zero-order valence-electron chi connectivity index (χ0n) is 10.4. The Bertz CT molecular complexity index is 441. The van der Waals surface area contributed by atoms with Crippen molar-refractivity contribution in [3.8, 4) is 5.75 Å². The maximum absolute atomic E-state index is 12.1. The normalized spacial score (nSPS) is 17.7. The lowest BCUT2D eigenvalue weighted by Gasteiger charge is -2.20. The molecule has 1 fully saturated rings. The summed E-state index contributed by atoms with van der Waals surface area (Å²) in [7, 11) is 0. The molecule has 1 saturated carbocycles. The highest BCUT2D eigenvalue weighted by atomic mass is 79.9. The Kier molecular flexibility index (Phi) is 4.27. The molecule has 2 N–H and O–H groups in total. The number of rotatable bonds is 3. The van der Waals surface area contributed by atoms with Crippen molar-refractivity contribution >= 4 is 21.8 Å². The van der Waals surface area contributed by atoms with E-state index >= 15 is 0 Å². The van der Waals surface area contributed by atoms with E-state index in [1.807, 2.05) is 6.92 Å². The molecule has 0 saturated heterocycles. The van der Waals surface area contributed by atoms with Crippen molar-refractivity contribution in [1.82, 2.24) is 5.32 Å². The zero-order chi connectivity index (χ0) is 13.1. The number of hydrogen-bond acceptors (Lipinski definition) is 2. The summed E-state index contributed by atoms with van der Waals surface area (Å²) in [5, 5.41) is 12.7. The number of benzene rings is 1. The summed E-state index contributed by atoms with van der Waals surface area (Å²) < 4.78 is 0.764. The maximum atomic E-state index is 12.1. The number of aromatic hydroxyl groups is 1. The average molecular weight is 312 g/mol. The van der Waals surface area contributed by atoms with Gasteiger partial charge in [0, 0.05) is 10.5 Å². The molecule has 3 nitrogen and oxygen atoms in total. The minimum absolute atomic E-state index is 0.0143. The molecule has 0 aromatic heterocycles. The highest BCUT2D eigenvalue weighted by Gasteiger charge is 2.23. The number of nitrogens with one attached hydrogen (secondary N) is 1. The minimum atomic E-state index is -0.195. The molecule has 0 radical (unpaired) electrons. The van der Waals surface area contributed by atoms with Crippen LogP contribution in [0.4, 0.5) is 0 Å². The Morgan fingerprint density at radius 1 is 1.44 bits per heavy atom. The predicted octanol–water partition coefficient (Wildman–Crippen LogP) is 3.46. The van der Waals surface area contributed by atoms with E-state index in [1.165, 1.54) is 31.7 Å². The van der Waals surface area contributed by atoms with Crippen molar-refractivity contribution < 1.29 is 9.90 Å². The Morgan fingerprint density at radius 2 is 2.11 bits per heavy atom. The number of carbonyl (C=O) groups is 1. The van der Waals surface area contributed by atoms with Crippen molar-refractivity contribution in [2.24, 2.45) is 5.92 Å². The lowest BCUT2D eigenvalue weighted by molar-refractivity contribution is 0.0924. The van der Waals surface area contributed by atoms with Crippen LogP contribution in [0, 0.1) is 5.92 Å². The second-order valence-corrected chi connectivity index (χ2v) is 5.88. The van der Waals surface area contributed by atoms with Crippen LogP contribution in [0.25, 0.3) is 0 Å². The summed E-state index contributed by atoms with van der Waals surface area (Å²) in [4.78, 5) is 12.1. The Morgan fingerprint density at radius 3 is 2.72 bits per heavy atom. The van der Waals surface area contributed by atoms with Gasteiger partial charge in [-0.05, 0) is 43.9 Å². The van der Waals surface area contributed by atoms with Crippen LogP contribution in [0.15, 0.2) is 22.7 Å².